The summed E-state index contributed by atoms with van der Waals surface area (Å²) in [7, 11) is 5.31. The first kappa shape index (κ1) is 20.0. The van der Waals surface area contributed by atoms with Crippen LogP contribution in [0.4, 0.5) is 4.79 Å². The van der Waals surface area contributed by atoms with Crippen LogP contribution in [0.3, 0.4) is 0 Å². The topological polar surface area (TPSA) is 62.5 Å². The second kappa shape index (κ2) is 7.85. The summed E-state index contributed by atoms with van der Waals surface area (Å²) in [5.74, 6) is 1.04. The molecule has 4 rings (SSSR count). The Morgan fingerprint density at radius 3 is 2.45 bits per heavy atom. The van der Waals surface area contributed by atoms with Gasteiger partial charge < -0.3 is 4.90 Å². The Balaban J connectivity index is 1.70. The molecule has 2 saturated heterocycles. The third-order valence-corrected chi connectivity index (χ3v) is 6.24. The lowest BCUT2D eigenvalue weighted by molar-refractivity contribution is -0.552. The number of piperazine rings is 1. The number of amidine groups is 2. The van der Waals surface area contributed by atoms with E-state index in [2.05, 4.69) is 16.8 Å². The van der Waals surface area contributed by atoms with E-state index in [0.29, 0.717) is 23.9 Å². The molecule has 1 aromatic rings. The summed E-state index contributed by atoms with van der Waals surface area (Å²) < 4.78 is 2.00. The fraction of sp³-hybridized carbons (Fsp3) is 0.500. The van der Waals surface area contributed by atoms with E-state index in [1.165, 1.54) is 16.8 Å². The lowest BCUT2D eigenvalue weighted by Gasteiger charge is -2.31. The Bertz CT molecular complexity index is 906. The number of carbonyl (C=O) groups is 2. The number of halogens is 1. The molecule has 1 atom stereocenters. The molecule has 0 radical (unpaired) electrons. The molecular formula is C20H26ClN6O2+. The van der Waals surface area contributed by atoms with Gasteiger partial charge in [-0.1, -0.05) is 29.8 Å². The number of likely N-dealkylation sites (N-methyl/N-ethyl adjacent to an activating group) is 3. The van der Waals surface area contributed by atoms with Gasteiger partial charge in [0.2, 0.25) is 0 Å². The number of urea groups is 1. The maximum atomic E-state index is 13.0. The first-order valence-electron chi connectivity index (χ1n) is 9.77. The fourth-order valence-corrected chi connectivity index (χ4v) is 4.17. The zero-order valence-corrected chi connectivity index (χ0v) is 17.8. The average molecular weight is 418 g/mol. The minimum Gasteiger partial charge on any atom is -0.304 e. The predicted molar refractivity (Wildman–Crippen MR) is 112 cm³/mol. The van der Waals surface area contributed by atoms with Crippen molar-refractivity contribution in [1.82, 2.24) is 19.6 Å². The molecule has 1 unspecified atom stereocenters. The van der Waals surface area contributed by atoms with Gasteiger partial charge >= 0.3 is 11.9 Å². The molecule has 3 aliphatic rings. The summed E-state index contributed by atoms with van der Waals surface area (Å²) in [6.45, 7) is 4.98. The quantitative estimate of drug-likeness (QED) is 0.680. The van der Waals surface area contributed by atoms with Gasteiger partial charge in [0, 0.05) is 50.9 Å². The number of rotatable bonds is 4. The highest BCUT2D eigenvalue weighted by atomic mass is 35.5. The smallest absolute Gasteiger partial charge is 0.304 e. The molecule has 2 fully saturated rings. The summed E-state index contributed by atoms with van der Waals surface area (Å²) in [6.07, 6.45) is 0. The van der Waals surface area contributed by atoms with E-state index >= 15 is 0 Å². The molecule has 29 heavy (non-hydrogen) atoms. The van der Waals surface area contributed by atoms with Gasteiger partial charge in [-0.3, -0.25) is 19.5 Å². The van der Waals surface area contributed by atoms with Crippen molar-refractivity contribution in [3.63, 3.8) is 0 Å². The first-order valence-corrected chi connectivity index (χ1v) is 10.1. The molecule has 3 aliphatic heterocycles. The number of fused-ring (bicyclic) bond motifs is 1. The van der Waals surface area contributed by atoms with Gasteiger partial charge in [-0.2, -0.15) is 0 Å². The normalized spacial score (nSPS) is 23.7. The van der Waals surface area contributed by atoms with Crippen molar-refractivity contribution in [2.24, 2.45) is 4.99 Å². The Morgan fingerprint density at radius 1 is 1.07 bits per heavy atom. The highest BCUT2D eigenvalue weighted by Gasteiger charge is 2.53. The molecule has 0 saturated carbocycles. The molecule has 0 aliphatic carbocycles. The summed E-state index contributed by atoms with van der Waals surface area (Å²) >= 11 is 6.40. The number of nitrogens with zero attached hydrogens (tertiary/aromatic N) is 6. The fourth-order valence-electron chi connectivity index (χ4n) is 3.97. The highest BCUT2D eigenvalue weighted by Crippen LogP contribution is 2.23. The van der Waals surface area contributed by atoms with Gasteiger partial charge in [0.15, 0.2) is 0 Å². The second-order valence-electron chi connectivity index (χ2n) is 7.83. The molecule has 3 heterocycles. The number of hydrogen-bond acceptors (Lipinski definition) is 5. The number of amides is 3. The molecule has 3 amide bonds. The third-order valence-electron chi connectivity index (χ3n) is 5.87. The molecule has 9 heteroatoms. The molecule has 0 bridgehead atoms. The predicted octanol–water partition coefficient (Wildman–Crippen LogP) is 0.803. The van der Waals surface area contributed by atoms with E-state index in [1.54, 1.807) is 7.05 Å². The van der Waals surface area contributed by atoms with E-state index < -0.39 is 6.04 Å². The number of carbonyl (C=O) groups excluding carboxylic acids is 2. The number of aliphatic imine (C=N–C) groups is 1. The van der Waals surface area contributed by atoms with Gasteiger partial charge in [0.25, 0.3) is 17.8 Å². The Hall–Kier alpha value is -2.29. The summed E-state index contributed by atoms with van der Waals surface area (Å²) in [5, 5.41) is 0.654. The van der Waals surface area contributed by atoms with Crippen LogP contribution in [0.1, 0.15) is 5.56 Å². The zero-order chi connectivity index (χ0) is 20.7. The van der Waals surface area contributed by atoms with Crippen LogP contribution in [-0.4, -0.2) is 108 Å². The van der Waals surface area contributed by atoms with Crippen LogP contribution in [0, 0.1) is 0 Å². The number of benzene rings is 1. The van der Waals surface area contributed by atoms with Crippen LogP contribution >= 0.6 is 11.6 Å². The van der Waals surface area contributed by atoms with Crippen LogP contribution < -0.4 is 0 Å². The van der Waals surface area contributed by atoms with Crippen LogP contribution in [0.5, 0.6) is 0 Å². The van der Waals surface area contributed by atoms with Crippen molar-refractivity contribution in [3.05, 3.63) is 34.9 Å². The first-order chi connectivity index (χ1) is 13.9. The molecule has 0 N–H and O–H groups in total. The SMILES string of the molecule is CN1CCN(CC2=[N+](Cc3ccccc3Cl)C3C(=O)N(C)C(=O)N(C)C3=N2)CC1. The molecular weight excluding hydrogens is 392 g/mol. The molecule has 0 spiro atoms. The average Bonchev–Trinajstić information content (AvgIpc) is 3.06. The van der Waals surface area contributed by atoms with E-state index in [-0.39, 0.29) is 11.9 Å². The molecule has 8 nitrogen and oxygen atoms in total. The molecule has 0 aromatic heterocycles. The minimum atomic E-state index is -0.610. The Kier molecular flexibility index (Phi) is 5.42. The monoisotopic (exact) mass is 417 g/mol. The van der Waals surface area contributed by atoms with Gasteiger partial charge in [0.1, 0.15) is 13.1 Å². The summed E-state index contributed by atoms with van der Waals surface area (Å²) in [6, 6.07) is 6.66. The third kappa shape index (κ3) is 3.68. The highest BCUT2D eigenvalue weighted by molar-refractivity contribution is 6.31. The molecule has 1 aromatic carbocycles. The van der Waals surface area contributed by atoms with Crippen molar-refractivity contribution in [1.29, 1.82) is 0 Å². The van der Waals surface area contributed by atoms with E-state index in [9.17, 15) is 9.59 Å². The van der Waals surface area contributed by atoms with E-state index in [4.69, 9.17) is 16.6 Å². The maximum Gasteiger partial charge on any atom is 0.333 e. The van der Waals surface area contributed by atoms with Gasteiger partial charge in [-0.15, -0.1) is 0 Å². The van der Waals surface area contributed by atoms with Crippen LogP contribution in [0.15, 0.2) is 29.3 Å². The largest absolute Gasteiger partial charge is 0.333 e. The molecule has 154 valence electrons. The van der Waals surface area contributed by atoms with Crippen LogP contribution in [-0.2, 0) is 11.3 Å². The van der Waals surface area contributed by atoms with Crippen molar-refractivity contribution in [2.75, 3.05) is 53.9 Å². The van der Waals surface area contributed by atoms with Gasteiger partial charge in [-0.25, -0.2) is 9.37 Å². The van der Waals surface area contributed by atoms with E-state index in [1.807, 2.05) is 28.8 Å². The Morgan fingerprint density at radius 2 is 1.76 bits per heavy atom. The van der Waals surface area contributed by atoms with Crippen LogP contribution in [0.2, 0.25) is 5.02 Å². The lowest BCUT2D eigenvalue weighted by atomic mass is 10.1. The van der Waals surface area contributed by atoms with E-state index in [0.717, 1.165) is 37.6 Å². The van der Waals surface area contributed by atoms with Crippen molar-refractivity contribution >= 4 is 35.2 Å². The van der Waals surface area contributed by atoms with Crippen molar-refractivity contribution in [2.45, 2.75) is 12.6 Å². The number of imide groups is 1. The van der Waals surface area contributed by atoms with Gasteiger partial charge in [0.05, 0.1) is 0 Å². The standard InChI is InChI=1S/C20H26ClN6O2/c1-23-8-10-26(11-9-23)13-16-22-18-17(19(28)25(3)20(29)24(18)2)27(16)12-14-6-4-5-7-15(14)21/h4-7,17H,8-13H2,1-3H3/q+1. The lowest BCUT2D eigenvalue weighted by Crippen LogP contribution is -2.61. The summed E-state index contributed by atoms with van der Waals surface area (Å²) in [5.41, 5.74) is 0.927. The van der Waals surface area contributed by atoms with Crippen molar-refractivity contribution < 1.29 is 14.2 Å². The van der Waals surface area contributed by atoms with Gasteiger partial charge in [-0.05, 0) is 18.1 Å². The second-order valence-corrected chi connectivity index (χ2v) is 8.23. The van der Waals surface area contributed by atoms with Crippen molar-refractivity contribution in [3.8, 4) is 0 Å². The Labute approximate surface area is 175 Å². The zero-order valence-electron chi connectivity index (χ0n) is 17.0. The van der Waals surface area contributed by atoms with Crippen LogP contribution in [0.25, 0.3) is 0 Å². The summed E-state index contributed by atoms with van der Waals surface area (Å²) in [4.78, 5) is 37.5. The minimum absolute atomic E-state index is 0.257. The maximum absolute atomic E-state index is 13.0. The number of hydrogen-bond donors (Lipinski definition) is 0.